The Morgan fingerprint density at radius 1 is 1.10 bits per heavy atom. The number of primary amides is 1. The number of hydrogen-bond acceptors (Lipinski definition) is 3. The normalized spacial score (nSPS) is 10.3. The summed E-state index contributed by atoms with van der Waals surface area (Å²) in [7, 11) is 0. The average Bonchev–Trinajstić information content (AvgIpc) is 2.39. The van der Waals surface area contributed by atoms with E-state index in [1.54, 1.807) is 36.4 Å². The summed E-state index contributed by atoms with van der Waals surface area (Å²) < 4.78 is 5.58. The van der Waals surface area contributed by atoms with Crippen LogP contribution in [0.2, 0.25) is 10.0 Å². The minimum atomic E-state index is -0.613. The molecule has 0 saturated heterocycles. The highest BCUT2D eigenvalue weighted by Crippen LogP contribution is 2.30. The Bertz CT molecular complexity index is 639. The van der Waals surface area contributed by atoms with Gasteiger partial charge in [0.2, 0.25) is 0 Å². The van der Waals surface area contributed by atoms with Crippen LogP contribution in [-0.4, -0.2) is 5.91 Å². The number of carbonyl (C=O) groups is 1. The van der Waals surface area contributed by atoms with Gasteiger partial charge in [0.15, 0.2) is 5.75 Å². The van der Waals surface area contributed by atoms with Crippen LogP contribution in [0, 0.1) is 0 Å². The molecule has 0 saturated carbocycles. The molecule has 0 spiro atoms. The van der Waals surface area contributed by atoms with Crippen molar-refractivity contribution in [2.24, 2.45) is 5.73 Å². The molecule has 0 unspecified atom stereocenters. The third-order valence-corrected chi connectivity index (χ3v) is 3.44. The molecule has 2 rings (SSSR count). The van der Waals surface area contributed by atoms with Crippen LogP contribution in [0.5, 0.6) is 5.75 Å². The van der Waals surface area contributed by atoms with Crippen molar-refractivity contribution in [2.75, 3.05) is 5.73 Å². The van der Waals surface area contributed by atoms with Gasteiger partial charge in [-0.2, -0.15) is 0 Å². The highest BCUT2D eigenvalue weighted by Gasteiger charge is 2.14. The summed E-state index contributed by atoms with van der Waals surface area (Å²) in [5.41, 5.74) is 12.2. The van der Waals surface area contributed by atoms with Crippen molar-refractivity contribution in [1.29, 1.82) is 0 Å². The van der Waals surface area contributed by atoms with Crippen LogP contribution >= 0.6 is 23.2 Å². The number of carbonyl (C=O) groups excluding carboxylic acids is 1. The second-order valence-corrected chi connectivity index (χ2v) is 4.89. The van der Waals surface area contributed by atoms with Crippen molar-refractivity contribution in [3.8, 4) is 5.75 Å². The summed E-state index contributed by atoms with van der Waals surface area (Å²) >= 11 is 12.1. The minimum absolute atomic E-state index is 0.0903. The number of halogens is 2. The molecule has 0 aliphatic rings. The fourth-order valence-electron chi connectivity index (χ4n) is 1.72. The molecule has 0 radical (unpaired) electrons. The van der Waals surface area contributed by atoms with Crippen molar-refractivity contribution in [1.82, 2.24) is 0 Å². The van der Waals surface area contributed by atoms with E-state index in [0.717, 1.165) is 0 Å². The average molecular weight is 311 g/mol. The molecule has 4 nitrogen and oxygen atoms in total. The molecule has 2 aromatic rings. The van der Waals surface area contributed by atoms with Crippen molar-refractivity contribution in [2.45, 2.75) is 6.61 Å². The summed E-state index contributed by atoms with van der Waals surface area (Å²) in [6.45, 7) is 0.0903. The molecule has 0 aliphatic heterocycles. The molecule has 0 heterocycles. The molecule has 4 N–H and O–H groups in total. The number of nitrogen functional groups attached to an aromatic ring is 1. The number of hydrogen-bond donors (Lipinski definition) is 2. The lowest BCUT2D eigenvalue weighted by Gasteiger charge is -2.13. The number of rotatable bonds is 4. The molecule has 20 heavy (non-hydrogen) atoms. The van der Waals surface area contributed by atoms with E-state index in [2.05, 4.69) is 0 Å². The summed E-state index contributed by atoms with van der Waals surface area (Å²) in [5.74, 6) is -0.381. The molecule has 104 valence electrons. The minimum Gasteiger partial charge on any atom is -0.486 e. The second-order valence-electron chi connectivity index (χ2n) is 4.08. The number of nitrogens with two attached hydrogens (primary N) is 2. The first-order valence-electron chi connectivity index (χ1n) is 5.74. The van der Waals surface area contributed by atoms with E-state index >= 15 is 0 Å². The van der Waals surface area contributed by atoms with E-state index in [1.165, 1.54) is 0 Å². The van der Waals surface area contributed by atoms with Crippen molar-refractivity contribution in [3.05, 3.63) is 57.6 Å². The first-order valence-corrected chi connectivity index (χ1v) is 6.50. The predicted octanol–water partition coefficient (Wildman–Crippen LogP) is 3.25. The number of ether oxygens (including phenoxy) is 1. The van der Waals surface area contributed by atoms with Gasteiger partial charge < -0.3 is 16.2 Å². The van der Waals surface area contributed by atoms with E-state index in [1.807, 2.05) is 0 Å². The van der Waals surface area contributed by atoms with Crippen LogP contribution in [-0.2, 0) is 6.61 Å². The van der Waals surface area contributed by atoms with E-state index in [4.69, 9.17) is 39.4 Å². The summed E-state index contributed by atoms with van der Waals surface area (Å²) in [6, 6.07) is 9.94. The van der Waals surface area contributed by atoms with Crippen LogP contribution in [0.4, 0.5) is 5.69 Å². The fourth-order valence-corrected chi connectivity index (χ4v) is 2.23. The largest absolute Gasteiger partial charge is 0.486 e. The fraction of sp³-hybridized carbons (Fsp3) is 0.0714. The molecular weight excluding hydrogens is 299 g/mol. The number of amides is 1. The van der Waals surface area contributed by atoms with Crippen molar-refractivity contribution >= 4 is 34.8 Å². The second kappa shape index (κ2) is 6.03. The standard InChI is InChI=1S/C14H12Cl2N2O2/c15-10-4-2-5-11(16)9(10)7-20-13-8(14(18)19)3-1-6-12(13)17/h1-6H,7,17H2,(H2,18,19). The number of benzene rings is 2. The molecule has 0 aromatic heterocycles. The first kappa shape index (κ1) is 14.5. The van der Waals surface area contributed by atoms with E-state index in [0.29, 0.717) is 21.3 Å². The first-order chi connectivity index (χ1) is 9.50. The van der Waals surface area contributed by atoms with Crippen LogP contribution in [0.3, 0.4) is 0 Å². The molecule has 6 heteroatoms. The van der Waals surface area contributed by atoms with Crippen molar-refractivity contribution < 1.29 is 9.53 Å². The maximum atomic E-state index is 11.4. The van der Waals surface area contributed by atoms with E-state index in [-0.39, 0.29) is 17.9 Å². The van der Waals surface area contributed by atoms with Crippen molar-refractivity contribution in [3.63, 3.8) is 0 Å². The Labute approximate surface area is 126 Å². The van der Waals surface area contributed by atoms with Gasteiger partial charge in [-0.05, 0) is 24.3 Å². The Morgan fingerprint density at radius 3 is 2.30 bits per heavy atom. The van der Waals surface area contributed by atoms with Crippen LogP contribution < -0.4 is 16.2 Å². The Hall–Kier alpha value is -1.91. The molecule has 0 bridgehead atoms. The SMILES string of the molecule is NC(=O)c1cccc(N)c1OCc1c(Cl)cccc1Cl. The van der Waals surface area contributed by atoms with Gasteiger partial charge in [-0.1, -0.05) is 35.3 Å². The molecular formula is C14H12Cl2N2O2. The monoisotopic (exact) mass is 310 g/mol. The van der Waals surface area contributed by atoms with Gasteiger partial charge in [0.05, 0.1) is 11.3 Å². The van der Waals surface area contributed by atoms with Gasteiger partial charge in [-0.3, -0.25) is 4.79 Å². The molecule has 0 fully saturated rings. The van der Waals surface area contributed by atoms with Crippen LogP contribution in [0.25, 0.3) is 0 Å². The summed E-state index contributed by atoms with van der Waals surface area (Å²) in [4.78, 5) is 11.4. The lowest BCUT2D eigenvalue weighted by molar-refractivity contribution is 0.0996. The predicted molar refractivity (Wildman–Crippen MR) is 80.2 cm³/mol. The lowest BCUT2D eigenvalue weighted by Crippen LogP contribution is -2.14. The lowest BCUT2D eigenvalue weighted by atomic mass is 10.1. The number of anilines is 1. The van der Waals surface area contributed by atoms with Gasteiger partial charge in [0.1, 0.15) is 6.61 Å². The quantitative estimate of drug-likeness (QED) is 0.851. The highest BCUT2D eigenvalue weighted by atomic mass is 35.5. The molecule has 0 atom stereocenters. The van der Waals surface area contributed by atoms with Gasteiger partial charge in [0, 0.05) is 15.6 Å². The number of para-hydroxylation sites is 1. The molecule has 0 aliphatic carbocycles. The van der Waals surface area contributed by atoms with Gasteiger partial charge in [0.25, 0.3) is 5.91 Å². The maximum Gasteiger partial charge on any atom is 0.252 e. The topological polar surface area (TPSA) is 78.3 Å². The molecule has 2 aromatic carbocycles. The molecule has 1 amide bonds. The summed E-state index contributed by atoms with van der Waals surface area (Å²) in [6.07, 6.45) is 0. The van der Waals surface area contributed by atoms with E-state index < -0.39 is 5.91 Å². The third kappa shape index (κ3) is 2.98. The Balaban J connectivity index is 2.30. The van der Waals surface area contributed by atoms with Gasteiger partial charge >= 0.3 is 0 Å². The Morgan fingerprint density at radius 2 is 1.70 bits per heavy atom. The highest BCUT2D eigenvalue weighted by molar-refractivity contribution is 6.35. The smallest absolute Gasteiger partial charge is 0.252 e. The van der Waals surface area contributed by atoms with Crippen LogP contribution in [0.15, 0.2) is 36.4 Å². The van der Waals surface area contributed by atoms with E-state index in [9.17, 15) is 4.79 Å². The Kier molecular flexibility index (Phi) is 4.37. The van der Waals surface area contributed by atoms with Gasteiger partial charge in [-0.15, -0.1) is 0 Å². The van der Waals surface area contributed by atoms with Gasteiger partial charge in [-0.25, -0.2) is 0 Å². The maximum absolute atomic E-state index is 11.4. The zero-order valence-corrected chi connectivity index (χ0v) is 11.9. The zero-order chi connectivity index (χ0) is 14.7. The van der Waals surface area contributed by atoms with Crippen LogP contribution in [0.1, 0.15) is 15.9 Å². The summed E-state index contributed by atoms with van der Waals surface area (Å²) in [5, 5.41) is 0.959. The zero-order valence-electron chi connectivity index (χ0n) is 10.4. The third-order valence-electron chi connectivity index (χ3n) is 2.73.